The van der Waals surface area contributed by atoms with E-state index in [0.29, 0.717) is 16.7 Å². The second-order valence-electron chi connectivity index (χ2n) is 10.5. The number of para-hydroxylation sites is 1. The Hall–Kier alpha value is -5.01. The fourth-order valence-electron chi connectivity index (χ4n) is 5.32. The van der Waals surface area contributed by atoms with Crippen molar-refractivity contribution in [3.05, 3.63) is 131 Å². The minimum atomic E-state index is -1.16. The average Bonchev–Trinajstić information content (AvgIpc) is 3.05. The molecule has 1 atom stereocenters. The highest BCUT2D eigenvalue weighted by atomic mass is 35.5. The van der Waals surface area contributed by atoms with Crippen LogP contribution >= 0.6 is 11.6 Å². The lowest BCUT2D eigenvalue weighted by Crippen LogP contribution is -2.42. The van der Waals surface area contributed by atoms with Crippen molar-refractivity contribution in [1.82, 2.24) is 15.3 Å². The molecule has 2 heterocycles. The van der Waals surface area contributed by atoms with E-state index in [4.69, 9.17) is 16.6 Å². The number of hydrogen-bond acceptors (Lipinski definition) is 5. The van der Waals surface area contributed by atoms with Gasteiger partial charge in [-0.25, -0.2) is 14.8 Å². The molecule has 1 amide bonds. The summed E-state index contributed by atoms with van der Waals surface area (Å²) >= 11 is 5.99. The van der Waals surface area contributed by atoms with E-state index in [9.17, 15) is 14.7 Å². The number of anilines is 2. The third kappa shape index (κ3) is 6.42. The number of fused-ring (bicyclic) bond motifs is 1. The van der Waals surface area contributed by atoms with Crippen molar-refractivity contribution in [3.63, 3.8) is 0 Å². The van der Waals surface area contributed by atoms with Gasteiger partial charge in [-0.15, -0.1) is 0 Å². The summed E-state index contributed by atoms with van der Waals surface area (Å²) in [7, 11) is 0. The third-order valence-electron chi connectivity index (χ3n) is 7.54. The second-order valence-corrected chi connectivity index (χ2v) is 10.9. The first-order valence-corrected chi connectivity index (χ1v) is 14.5. The van der Waals surface area contributed by atoms with E-state index in [2.05, 4.69) is 27.3 Å². The summed E-state index contributed by atoms with van der Waals surface area (Å²) in [5.41, 5.74) is 5.97. The zero-order valence-electron chi connectivity index (χ0n) is 23.3. The molecule has 4 aromatic carbocycles. The van der Waals surface area contributed by atoms with Gasteiger partial charge in [-0.2, -0.15) is 0 Å². The predicted octanol–water partition coefficient (Wildman–Crippen LogP) is 6.97. The molecule has 1 aliphatic rings. The van der Waals surface area contributed by atoms with Gasteiger partial charge in [0.1, 0.15) is 17.6 Å². The number of carbonyl (C=O) groups is 2. The van der Waals surface area contributed by atoms with Crippen LogP contribution in [0.5, 0.6) is 0 Å². The van der Waals surface area contributed by atoms with Crippen LogP contribution in [0.25, 0.3) is 22.5 Å². The first kappa shape index (κ1) is 28.1. The Bertz CT molecular complexity index is 1760. The lowest BCUT2D eigenvalue weighted by molar-refractivity contribution is -0.139. The summed E-state index contributed by atoms with van der Waals surface area (Å²) in [6.07, 6.45) is 2.00. The van der Waals surface area contributed by atoms with E-state index < -0.39 is 17.9 Å². The van der Waals surface area contributed by atoms with Gasteiger partial charge in [-0.3, -0.25) is 4.79 Å². The maximum Gasteiger partial charge on any atom is 0.326 e. The summed E-state index contributed by atoms with van der Waals surface area (Å²) in [6.45, 7) is 0.732. The molecule has 2 N–H and O–H groups in total. The zero-order valence-corrected chi connectivity index (χ0v) is 24.0. The number of halogens is 1. The third-order valence-corrected chi connectivity index (χ3v) is 7.79. The molecular formula is C35H29ClN4O3. The molecule has 0 fully saturated rings. The molecule has 0 radical (unpaired) electrons. The first-order chi connectivity index (χ1) is 20.9. The molecule has 0 saturated heterocycles. The molecule has 5 aromatic rings. The fourth-order valence-corrected chi connectivity index (χ4v) is 5.45. The van der Waals surface area contributed by atoms with Crippen molar-refractivity contribution in [2.75, 3.05) is 11.4 Å². The standard InChI is InChI=1S/C35H29ClN4O3/c36-28-18-12-23(13-19-28)21-30(35(42)43)38-34(41)29-22-32(40-20-6-10-26-9-4-5-11-31(26)40)39-33(37-29)27-16-14-25(15-17-27)24-7-2-1-3-8-24/h1-5,7-9,11-19,22,30H,6,10,20-21H2,(H,38,41)(H,42,43). The van der Waals surface area contributed by atoms with E-state index in [1.807, 2.05) is 66.7 Å². The molecule has 214 valence electrons. The zero-order chi connectivity index (χ0) is 29.8. The number of nitrogens with zero attached hydrogens (tertiary/aromatic N) is 3. The van der Waals surface area contributed by atoms with Crippen molar-refractivity contribution in [3.8, 4) is 22.5 Å². The second kappa shape index (κ2) is 12.5. The molecular weight excluding hydrogens is 560 g/mol. The summed E-state index contributed by atoms with van der Waals surface area (Å²) in [6, 6.07) is 33.5. The Morgan fingerprint density at radius 3 is 2.26 bits per heavy atom. The molecule has 1 aromatic heterocycles. The Morgan fingerprint density at radius 2 is 1.51 bits per heavy atom. The molecule has 7 nitrogen and oxygen atoms in total. The lowest BCUT2D eigenvalue weighted by atomic mass is 10.0. The number of nitrogens with one attached hydrogen (secondary N) is 1. The first-order valence-electron chi connectivity index (χ1n) is 14.1. The Labute approximate surface area is 254 Å². The number of carbonyl (C=O) groups excluding carboxylic acids is 1. The highest BCUT2D eigenvalue weighted by Crippen LogP contribution is 2.34. The molecule has 0 bridgehead atoms. The number of carboxylic acid groups (broad SMARTS) is 1. The van der Waals surface area contributed by atoms with E-state index in [1.54, 1.807) is 30.3 Å². The van der Waals surface area contributed by atoms with Gasteiger partial charge in [0.15, 0.2) is 5.82 Å². The lowest BCUT2D eigenvalue weighted by Gasteiger charge is -2.30. The number of hydrogen-bond donors (Lipinski definition) is 2. The summed E-state index contributed by atoms with van der Waals surface area (Å²) < 4.78 is 0. The van der Waals surface area contributed by atoms with Gasteiger partial charge in [-0.05, 0) is 53.3 Å². The number of rotatable bonds is 8. The van der Waals surface area contributed by atoms with E-state index in [1.165, 1.54) is 5.56 Å². The van der Waals surface area contributed by atoms with Gasteiger partial charge in [-0.1, -0.05) is 96.5 Å². The largest absolute Gasteiger partial charge is 0.480 e. The van der Waals surface area contributed by atoms with Crippen LogP contribution in [0.3, 0.4) is 0 Å². The smallest absolute Gasteiger partial charge is 0.326 e. The maximum absolute atomic E-state index is 13.6. The van der Waals surface area contributed by atoms with E-state index in [-0.39, 0.29) is 12.1 Å². The number of amides is 1. The van der Waals surface area contributed by atoms with E-state index in [0.717, 1.165) is 47.3 Å². The summed E-state index contributed by atoms with van der Waals surface area (Å²) in [5.74, 6) is -0.759. The number of aromatic nitrogens is 2. The van der Waals surface area contributed by atoms with Crippen LogP contribution in [0.15, 0.2) is 109 Å². The normalized spacial score (nSPS) is 13.2. The van der Waals surface area contributed by atoms with Gasteiger partial charge in [0.05, 0.1) is 0 Å². The van der Waals surface area contributed by atoms with Crippen LogP contribution in [0, 0.1) is 0 Å². The van der Waals surface area contributed by atoms with Crippen LogP contribution in [-0.4, -0.2) is 39.5 Å². The van der Waals surface area contributed by atoms with Crippen molar-refractivity contribution < 1.29 is 14.7 Å². The fraction of sp³-hybridized carbons (Fsp3) is 0.143. The van der Waals surface area contributed by atoms with Crippen molar-refractivity contribution in [2.45, 2.75) is 25.3 Å². The molecule has 6 rings (SSSR count). The number of aryl methyl sites for hydroxylation is 1. The van der Waals surface area contributed by atoms with E-state index >= 15 is 0 Å². The van der Waals surface area contributed by atoms with Crippen LogP contribution < -0.4 is 10.2 Å². The van der Waals surface area contributed by atoms with Crippen molar-refractivity contribution in [1.29, 1.82) is 0 Å². The Balaban J connectivity index is 1.36. The highest BCUT2D eigenvalue weighted by Gasteiger charge is 2.25. The summed E-state index contributed by atoms with van der Waals surface area (Å²) in [4.78, 5) is 37.4. The van der Waals surface area contributed by atoms with Crippen molar-refractivity contribution in [2.24, 2.45) is 0 Å². The summed E-state index contributed by atoms with van der Waals surface area (Å²) in [5, 5.41) is 13.2. The van der Waals surface area contributed by atoms with Gasteiger partial charge in [0, 0.05) is 35.3 Å². The quantitative estimate of drug-likeness (QED) is 0.203. The van der Waals surface area contributed by atoms with Crippen molar-refractivity contribution >= 4 is 35.0 Å². The average molecular weight is 589 g/mol. The monoisotopic (exact) mass is 588 g/mol. The van der Waals surface area contributed by atoms with Crippen LogP contribution in [-0.2, 0) is 17.6 Å². The molecule has 1 unspecified atom stereocenters. The highest BCUT2D eigenvalue weighted by molar-refractivity contribution is 6.30. The number of carboxylic acids is 1. The molecule has 43 heavy (non-hydrogen) atoms. The predicted molar refractivity (Wildman–Crippen MR) is 169 cm³/mol. The minimum absolute atomic E-state index is 0.0950. The molecule has 0 spiro atoms. The van der Waals surface area contributed by atoms with Crippen LogP contribution in [0.2, 0.25) is 5.02 Å². The van der Waals surface area contributed by atoms with Gasteiger partial charge < -0.3 is 15.3 Å². The Morgan fingerprint density at radius 1 is 0.837 bits per heavy atom. The van der Waals surface area contributed by atoms with Crippen LogP contribution in [0.1, 0.15) is 28.0 Å². The number of benzene rings is 4. The van der Waals surface area contributed by atoms with Crippen LogP contribution in [0.4, 0.5) is 11.5 Å². The van der Waals surface area contributed by atoms with Gasteiger partial charge in [0.25, 0.3) is 5.91 Å². The molecule has 8 heteroatoms. The molecule has 0 aliphatic carbocycles. The topological polar surface area (TPSA) is 95.4 Å². The minimum Gasteiger partial charge on any atom is -0.480 e. The number of aliphatic carboxylic acids is 1. The van der Waals surface area contributed by atoms with Gasteiger partial charge in [0.2, 0.25) is 0 Å². The molecule has 0 saturated carbocycles. The molecule has 1 aliphatic heterocycles. The SMILES string of the molecule is O=C(NC(Cc1ccc(Cl)cc1)C(=O)O)c1cc(N2CCCc3ccccc32)nc(-c2ccc(-c3ccccc3)cc2)n1. The maximum atomic E-state index is 13.6. The van der Waals surface area contributed by atoms with Gasteiger partial charge >= 0.3 is 5.97 Å². The Kier molecular flexibility index (Phi) is 8.16.